The van der Waals surface area contributed by atoms with E-state index in [0.29, 0.717) is 11.8 Å². The van der Waals surface area contributed by atoms with Crippen molar-refractivity contribution in [3.05, 3.63) is 29.8 Å². The average molecular weight is 300 g/mol. The SMILES string of the molecule is CC(C)(NC(=O)C1C2CNCC21)C1CCc2ccccc2O1. The molecule has 3 aliphatic rings. The zero-order valence-corrected chi connectivity index (χ0v) is 13.3. The highest BCUT2D eigenvalue weighted by atomic mass is 16.5. The number of hydrogen-bond acceptors (Lipinski definition) is 3. The van der Waals surface area contributed by atoms with E-state index >= 15 is 0 Å². The van der Waals surface area contributed by atoms with Crippen molar-refractivity contribution in [2.75, 3.05) is 13.1 Å². The second kappa shape index (κ2) is 4.98. The van der Waals surface area contributed by atoms with Crippen LogP contribution in [0.2, 0.25) is 0 Å². The molecule has 0 aromatic heterocycles. The number of aryl methyl sites for hydroxylation is 1. The van der Waals surface area contributed by atoms with E-state index in [1.54, 1.807) is 0 Å². The van der Waals surface area contributed by atoms with E-state index in [-0.39, 0.29) is 23.5 Å². The zero-order valence-electron chi connectivity index (χ0n) is 13.3. The molecule has 2 fully saturated rings. The molecular weight excluding hydrogens is 276 g/mol. The summed E-state index contributed by atoms with van der Waals surface area (Å²) >= 11 is 0. The molecule has 3 atom stereocenters. The first-order chi connectivity index (χ1) is 10.6. The quantitative estimate of drug-likeness (QED) is 0.894. The van der Waals surface area contributed by atoms with E-state index in [9.17, 15) is 4.79 Å². The lowest BCUT2D eigenvalue weighted by Gasteiger charge is -2.38. The van der Waals surface area contributed by atoms with Crippen molar-refractivity contribution in [3.8, 4) is 5.75 Å². The minimum absolute atomic E-state index is 0.0306. The highest BCUT2D eigenvalue weighted by Gasteiger charge is 2.57. The van der Waals surface area contributed by atoms with Gasteiger partial charge in [0.15, 0.2) is 0 Å². The van der Waals surface area contributed by atoms with Gasteiger partial charge < -0.3 is 15.4 Å². The smallest absolute Gasteiger partial charge is 0.224 e. The Hall–Kier alpha value is -1.55. The maximum Gasteiger partial charge on any atom is 0.224 e. The molecule has 1 aromatic carbocycles. The van der Waals surface area contributed by atoms with Crippen LogP contribution in [-0.2, 0) is 11.2 Å². The van der Waals surface area contributed by atoms with Crippen LogP contribution in [0.3, 0.4) is 0 Å². The number of benzene rings is 1. The van der Waals surface area contributed by atoms with Crippen LogP contribution in [0.4, 0.5) is 0 Å². The average Bonchev–Trinajstić information content (AvgIpc) is 3.00. The first-order valence-corrected chi connectivity index (χ1v) is 8.33. The van der Waals surface area contributed by atoms with Crippen molar-refractivity contribution in [2.45, 2.75) is 38.3 Å². The molecule has 1 aromatic rings. The van der Waals surface area contributed by atoms with Gasteiger partial charge in [0.05, 0.1) is 5.54 Å². The van der Waals surface area contributed by atoms with Crippen molar-refractivity contribution in [1.82, 2.24) is 10.6 Å². The summed E-state index contributed by atoms with van der Waals surface area (Å²) in [5.74, 6) is 2.52. The van der Waals surface area contributed by atoms with Crippen LogP contribution in [0.5, 0.6) is 5.75 Å². The van der Waals surface area contributed by atoms with E-state index < -0.39 is 0 Å². The topological polar surface area (TPSA) is 50.4 Å². The predicted molar refractivity (Wildman–Crippen MR) is 84.7 cm³/mol. The van der Waals surface area contributed by atoms with Crippen molar-refractivity contribution < 1.29 is 9.53 Å². The normalized spacial score (nSPS) is 32.6. The Morgan fingerprint density at radius 1 is 1.27 bits per heavy atom. The third-order valence-corrected chi connectivity index (χ3v) is 5.56. The second-order valence-corrected chi connectivity index (χ2v) is 7.48. The second-order valence-electron chi connectivity index (χ2n) is 7.48. The molecule has 118 valence electrons. The van der Waals surface area contributed by atoms with Gasteiger partial charge in [-0.3, -0.25) is 4.79 Å². The number of carbonyl (C=O) groups excluding carboxylic acids is 1. The molecule has 0 spiro atoms. The highest BCUT2D eigenvalue weighted by molar-refractivity contribution is 5.83. The Morgan fingerprint density at radius 3 is 2.77 bits per heavy atom. The lowest BCUT2D eigenvalue weighted by atomic mass is 9.89. The van der Waals surface area contributed by atoms with Gasteiger partial charge in [0.25, 0.3) is 0 Å². The molecule has 2 N–H and O–H groups in total. The molecule has 4 rings (SSSR count). The number of nitrogens with one attached hydrogen (secondary N) is 2. The number of amides is 1. The number of fused-ring (bicyclic) bond motifs is 2. The zero-order chi connectivity index (χ0) is 15.3. The van der Waals surface area contributed by atoms with E-state index in [2.05, 4.69) is 36.6 Å². The molecule has 1 saturated heterocycles. The van der Waals surface area contributed by atoms with Gasteiger partial charge in [0.2, 0.25) is 5.91 Å². The largest absolute Gasteiger partial charge is 0.488 e. The molecule has 1 amide bonds. The minimum Gasteiger partial charge on any atom is -0.488 e. The van der Waals surface area contributed by atoms with Crippen LogP contribution in [0.25, 0.3) is 0 Å². The molecule has 0 bridgehead atoms. The fraction of sp³-hybridized carbons (Fsp3) is 0.611. The first kappa shape index (κ1) is 14.1. The summed E-state index contributed by atoms with van der Waals surface area (Å²) in [6.07, 6.45) is 1.99. The van der Waals surface area contributed by atoms with Gasteiger partial charge in [-0.1, -0.05) is 18.2 Å². The number of hydrogen-bond donors (Lipinski definition) is 2. The van der Waals surface area contributed by atoms with Crippen molar-refractivity contribution >= 4 is 5.91 Å². The van der Waals surface area contributed by atoms with Crippen LogP contribution in [0, 0.1) is 17.8 Å². The maximum atomic E-state index is 12.5. The number of rotatable bonds is 3. The summed E-state index contributed by atoms with van der Waals surface area (Å²) in [5, 5.41) is 6.59. The summed E-state index contributed by atoms with van der Waals surface area (Å²) < 4.78 is 6.16. The summed E-state index contributed by atoms with van der Waals surface area (Å²) in [6, 6.07) is 8.20. The molecule has 4 nitrogen and oxygen atoms in total. The van der Waals surface area contributed by atoms with Crippen molar-refractivity contribution in [3.63, 3.8) is 0 Å². The lowest BCUT2D eigenvalue weighted by Crippen LogP contribution is -2.56. The summed E-state index contributed by atoms with van der Waals surface area (Å²) in [7, 11) is 0. The third kappa shape index (κ3) is 2.30. The Morgan fingerprint density at radius 2 is 2.00 bits per heavy atom. The van der Waals surface area contributed by atoms with E-state index in [4.69, 9.17) is 4.74 Å². The maximum absolute atomic E-state index is 12.5. The Labute approximate surface area is 131 Å². The number of ether oxygens (including phenoxy) is 1. The fourth-order valence-corrected chi connectivity index (χ4v) is 4.12. The molecule has 3 unspecified atom stereocenters. The monoisotopic (exact) mass is 300 g/mol. The predicted octanol–water partition coefficient (Wildman–Crippen LogP) is 1.74. The Balaban J connectivity index is 1.42. The molecule has 0 radical (unpaired) electrons. The fourth-order valence-electron chi connectivity index (χ4n) is 4.12. The Bertz CT molecular complexity index is 589. The summed E-state index contributed by atoms with van der Waals surface area (Å²) in [4.78, 5) is 12.5. The van der Waals surface area contributed by atoms with Gasteiger partial charge in [-0.05, 0) is 63.2 Å². The number of piperidine rings is 1. The van der Waals surface area contributed by atoms with Crippen LogP contribution in [-0.4, -0.2) is 30.6 Å². The Kier molecular flexibility index (Phi) is 3.19. The van der Waals surface area contributed by atoms with Gasteiger partial charge in [-0.2, -0.15) is 0 Å². The highest BCUT2D eigenvalue weighted by Crippen LogP contribution is 2.49. The van der Waals surface area contributed by atoms with E-state index in [1.807, 2.05) is 12.1 Å². The van der Waals surface area contributed by atoms with Gasteiger partial charge >= 0.3 is 0 Å². The molecule has 1 saturated carbocycles. The summed E-state index contributed by atoms with van der Waals surface area (Å²) in [5.41, 5.74) is 0.929. The number of carbonyl (C=O) groups is 1. The molecular formula is C18H24N2O2. The molecule has 4 heteroatoms. The molecule has 2 heterocycles. The molecule has 1 aliphatic carbocycles. The standard InChI is InChI=1S/C18H24N2O2/c1-18(2,20-17(21)16-12-9-19-10-13(12)16)15-8-7-11-5-3-4-6-14(11)22-15/h3-6,12-13,15-16,19H,7-10H2,1-2H3,(H,20,21). The van der Waals surface area contributed by atoms with Crippen LogP contribution in [0.15, 0.2) is 24.3 Å². The first-order valence-electron chi connectivity index (χ1n) is 8.33. The summed E-state index contributed by atoms with van der Waals surface area (Å²) in [6.45, 7) is 6.16. The van der Waals surface area contributed by atoms with Crippen LogP contribution in [0.1, 0.15) is 25.8 Å². The molecule has 2 aliphatic heterocycles. The molecule has 22 heavy (non-hydrogen) atoms. The van der Waals surface area contributed by atoms with Crippen LogP contribution >= 0.6 is 0 Å². The third-order valence-electron chi connectivity index (χ3n) is 5.56. The van der Waals surface area contributed by atoms with Gasteiger partial charge in [0, 0.05) is 5.92 Å². The van der Waals surface area contributed by atoms with E-state index in [1.165, 1.54) is 5.56 Å². The lowest BCUT2D eigenvalue weighted by molar-refractivity contribution is -0.126. The van der Waals surface area contributed by atoms with E-state index in [0.717, 1.165) is 31.7 Å². The van der Waals surface area contributed by atoms with Crippen molar-refractivity contribution in [2.24, 2.45) is 17.8 Å². The van der Waals surface area contributed by atoms with Gasteiger partial charge in [-0.25, -0.2) is 0 Å². The number of para-hydroxylation sites is 1. The van der Waals surface area contributed by atoms with Gasteiger partial charge in [0.1, 0.15) is 11.9 Å². The van der Waals surface area contributed by atoms with Crippen LogP contribution < -0.4 is 15.4 Å². The van der Waals surface area contributed by atoms with Crippen molar-refractivity contribution in [1.29, 1.82) is 0 Å². The van der Waals surface area contributed by atoms with Gasteiger partial charge in [-0.15, -0.1) is 0 Å². The minimum atomic E-state index is -0.338.